The van der Waals surface area contributed by atoms with Crippen molar-refractivity contribution >= 4 is 34.2 Å². The Labute approximate surface area is 293 Å². The highest BCUT2D eigenvalue weighted by molar-refractivity contribution is 6.04. The number of aliphatic imine (C=N–C) groups is 1. The Bertz CT molecular complexity index is 1910. The van der Waals surface area contributed by atoms with E-state index in [2.05, 4.69) is 39.2 Å². The van der Waals surface area contributed by atoms with Crippen molar-refractivity contribution in [1.29, 1.82) is 0 Å². The fraction of sp³-hybridized carbons (Fsp3) is 0.462. The molecule has 10 nitrogen and oxygen atoms in total. The average Bonchev–Trinajstić information content (AvgIpc) is 3.49. The van der Waals surface area contributed by atoms with Gasteiger partial charge in [-0.15, -0.1) is 0 Å². The van der Waals surface area contributed by atoms with E-state index in [1.165, 1.54) is 0 Å². The van der Waals surface area contributed by atoms with Gasteiger partial charge in [0, 0.05) is 49.4 Å². The van der Waals surface area contributed by atoms with Crippen molar-refractivity contribution in [1.82, 2.24) is 30.1 Å². The summed E-state index contributed by atoms with van der Waals surface area (Å²) in [6, 6.07) is 9.80. The van der Waals surface area contributed by atoms with Crippen LogP contribution in [0.25, 0.3) is 11.0 Å². The van der Waals surface area contributed by atoms with Crippen LogP contribution in [0.1, 0.15) is 102 Å². The lowest BCUT2D eigenvalue weighted by molar-refractivity contribution is 0.0511. The van der Waals surface area contributed by atoms with Gasteiger partial charge < -0.3 is 24.8 Å². The zero-order valence-electron chi connectivity index (χ0n) is 29.8. The smallest absolute Gasteiger partial charge is 0.255 e. The maximum absolute atomic E-state index is 14.8. The number of amides is 2. The third-order valence-corrected chi connectivity index (χ3v) is 9.78. The molecule has 4 aromatic rings. The standard InChI is InChI=1S/C37H42FN7O3.C2H6/c1-22-15-25-10-13-44(20-28-21-48-14-11-40-28)37(47)29(25)17-32(22)41-24(3)33-16-26-8-9-31-23(2)42-36(46)34-27(18-39-19-30(34)38)7-5-4-6-12-45(33)35(26)43-31;1-2/h8-9,15-19,23,28,40H,4-7,10-14,20-21H2,1-3H3,(H,42,46);1-2H3/t23-,28+;/m1./s1. The van der Waals surface area contributed by atoms with E-state index >= 15 is 0 Å². The van der Waals surface area contributed by atoms with Gasteiger partial charge >= 0.3 is 0 Å². The Morgan fingerprint density at radius 2 is 1.90 bits per heavy atom. The molecule has 1 saturated heterocycles. The highest BCUT2D eigenvalue weighted by Crippen LogP contribution is 2.30. The van der Waals surface area contributed by atoms with Crippen molar-refractivity contribution < 1.29 is 18.7 Å². The summed E-state index contributed by atoms with van der Waals surface area (Å²) < 4.78 is 22.6. The lowest BCUT2D eigenvalue weighted by Gasteiger charge is -2.34. The van der Waals surface area contributed by atoms with E-state index in [4.69, 9.17) is 14.7 Å². The molecule has 0 saturated carbocycles. The van der Waals surface area contributed by atoms with E-state index < -0.39 is 17.8 Å². The molecule has 2 bridgehead atoms. The maximum atomic E-state index is 14.8. The second-order valence-corrected chi connectivity index (χ2v) is 13.2. The van der Waals surface area contributed by atoms with Gasteiger partial charge in [0.1, 0.15) is 5.65 Å². The fourth-order valence-electron chi connectivity index (χ4n) is 7.16. The van der Waals surface area contributed by atoms with Gasteiger partial charge in [-0.1, -0.05) is 26.3 Å². The third kappa shape index (κ3) is 7.34. The molecule has 0 spiro atoms. The fourth-order valence-corrected chi connectivity index (χ4v) is 7.16. The number of fused-ring (bicyclic) bond motifs is 3. The zero-order valence-corrected chi connectivity index (χ0v) is 29.8. The van der Waals surface area contributed by atoms with Crippen molar-refractivity contribution in [3.05, 3.63) is 87.7 Å². The minimum absolute atomic E-state index is 0.0408. The first-order valence-electron chi connectivity index (χ1n) is 18.0. The van der Waals surface area contributed by atoms with Crippen molar-refractivity contribution in [2.75, 3.05) is 32.8 Å². The molecule has 3 aliphatic rings. The molecule has 2 N–H and O–H groups in total. The van der Waals surface area contributed by atoms with Gasteiger partial charge in [-0.2, -0.15) is 0 Å². The summed E-state index contributed by atoms with van der Waals surface area (Å²) in [5, 5.41) is 7.39. The van der Waals surface area contributed by atoms with Crippen LogP contribution >= 0.6 is 0 Å². The van der Waals surface area contributed by atoms with Crippen molar-refractivity contribution in [3.63, 3.8) is 0 Å². The van der Waals surface area contributed by atoms with Crippen LogP contribution in [0.5, 0.6) is 0 Å². The van der Waals surface area contributed by atoms with Crippen LogP contribution in [-0.2, 0) is 24.1 Å². The minimum Gasteiger partial charge on any atom is -0.378 e. The number of pyridine rings is 2. The monoisotopic (exact) mass is 681 g/mol. The number of ether oxygens (including phenoxy) is 1. The van der Waals surface area contributed by atoms with E-state index in [-0.39, 0.29) is 17.5 Å². The molecule has 3 aliphatic heterocycles. The van der Waals surface area contributed by atoms with Gasteiger partial charge in [0.05, 0.1) is 53.8 Å². The van der Waals surface area contributed by atoms with Gasteiger partial charge in [0.15, 0.2) is 5.82 Å². The minimum atomic E-state index is -0.608. The number of hydrogen-bond donors (Lipinski definition) is 2. The Hall–Kier alpha value is -4.48. The average molecular weight is 682 g/mol. The molecule has 3 aromatic heterocycles. The van der Waals surface area contributed by atoms with Crippen molar-refractivity contribution in [2.45, 2.75) is 85.4 Å². The second kappa shape index (κ2) is 15.6. The predicted octanol–water partition coefficient (Wildman–Crippen LogP) is 6.25. The van der Waals surface area contributed by atoms with Gasteiger partial charge in [-0.3, -0.25) is 19.6 Å². The molecule has 0 radical (unpaired) electrons. The summed E-state index contributed by atoms with van der Waals surface area (Å²) in [4.78, 5) is 42.9. The molecule has 6 heterocycles. The highest BCUT2D eigenvalue weighted by atomic mass is 19.1. The summed E-state index contributed by atoms with van der Waals surface area (Å²) in [6.07, 6.45) is 6.63. The molecular weight excluding hydrogens is 633 g/mol. The van der Waals surface area contributed by atoms with Crippen LogP contribution < -0.4 is 10.6 Å². The number of carbonyl (C=O) groups is 2. The molecule has 0 aliphatic carbocycles. The summed E-state index contributed by atoms with van der Waals surface area (Å²) in [5.41, 5.74) is 7.59. The van der Waals surface area contributed by atoms with Gasteiger partial charge in [0.25, 0.3) is 11.8 Å². The van der Waals surface area contributed by atoms with Gasteiger partial charge in [-0.25, -0.2) is 9.37 Å². The molecule has 264 valence electrons. The number of halogens is 1. The maximum Gasteiger partial charge on any atom is 0.255 e. The van der Waals surface area contributed by atoms with Gasteiger partial charge in [0.2, 0.25) is 0 Å². The topological polar surface area (TPSA) is 114 Å². The Balaban J connectivity index is 0.00000212. The number of aryl methyl sites for hydroxylation is 3. The Kier molecular flexibility index (Phi) is 11.0. The number of benzene rings is 1. The Morgan fingerprint density at radius 3 is 2.70 bits per heavy atom. The molecule has 11 heteroatoms. The van der Waals surface area contributed by atoms with Crippen molar-refractivity contribution in [3.8, 4) is 0 Å². The first-order chi connectivity index (χ1) is 24.3. The molecule has 7 rings (SSSR count). The van der Waals surface area contributed by atoms with E-state index in [9.17, 15) is 14.0 Å². The SMILES string of the molecule is CC.CC(=Nc1cc2c(cc1C)CCN(C[C@H]1COCCN1)C2=O)c1cc2ccc3nc2n1CCCCCc1cncc(F)c1C(=O)N[C@@H]3C. The highest BCUT2D eigenvalue weighted by Gasteiger charge is 2.28. The summed E-state index contributed by atoms with van der Waals surface area (Å²) in [6.45, 7) is 14.1. The summed E-state index contributed by atoms with van der Waals surface area (Å²) in [5.74, 6) is -1.03. The van der Waals surface area contributed by atoms with Crippen LogP contribution in [0.3, 0.4) is 0 Å². The molecule has 1 aromatic carbocycles. The largest absolute Gasteiger partial charge is 0.378 e. The van der Waals surface area contributed by atoms with Crippen LogP contribution in [-0.4, -0.2) is 75.9 Å². The number of hydrogen-bond acceptors (Lipinski definition) is 7. The summed E-state index contributed by atoms with van der Waals surface area (Å²) in [7, 11) is 0. The summed E-state index contributed by atoms with van der Waals surface area (Å²) >= 11 is 0. The molecule has 0 unspecified atom stereocenters. The number of aromatic nitrogens is 3. The van der Waals surface area contributed by atoms with Crippen LogP contribution in [0, 0.1) is 12.7 Å². The number of morpholine rings is 1. The molecule has 1 fully saturated rings. The van der Waals surface area contributed by atoms with E-state index in [0.717, 1.165) is 89.8 Å². The second-order valence-electron chi connectivity index (χ2n) is 13.2. The normalized spacial score (nSPS) is 20.0. The first kappa shape index (κ1) is 35.3. The lowest BCUT2D eigenvalue weighted by atomic mass is 9.95. The lowest BCUT2D eigenvalue weighted by Crippen LogP contribution is -2.51. The molecular formula is C39H48FN7O3. The van der Waals surface area contributed by atoms with Crippen LogP contribution in [0.4, 0.5) is 10.1 Å². The number of nitrogens with one attached hydrogen (secondary N) is 2. The van der Waals surface area contributed by atoms with Crippen LogP contribution in [0.15, 0.2) is 47.7 Å². The molecule has 2 atom stereocenters. The third-order valence-electron chi connectivity index (χ3n) is 9.78. The van der Waals surface area contributed by atoms with Gasteiger partial charge in [-0.05, 0) is 87.4 Å². The number of nitrogens with zero attached hydrogens (tertiary/aromatic N) is 5. The number of rotatable bonds is 4. The van der Waals surface area contributed by atoms with E-state index in [0.29, 0.717) is 44.0 Å². The molecule has 50 heavy (non-hydrogen) atoms. The number of carbonyl (C=O) groups excluding carboxylic acids is 2. The quantitative estimate of drug-likeness (QED) is 0.246. The molecule has 2 amide bonds. The first-order valence-corrected chi connectivity index (χ1v) is 18.0. The van der Waals surface area contributed by atoms with E-state index in [1.807, 2.05) is 50.8 Å². The van der Waals surface area contributed by atoms with E-state index in [1.54, 1.807) is 6.20 Å². The van der Waals surface area contributed by atoms with Crippen LogP contribution in [0.2, 0.25) is 0 Å². The van der Waals surface area contributed by atoms with Crippen molar-refractivity contribution in [2.24, 2.45) is 4.99 Å². The predicted molar refractivity (Wildman–Crippen MR) is 194 cm³/mol. The zero-order chi connectivity index (χ0) is 35.4. The Morgan fingerprint density at radius 1 is 1.06 bits per heavy atom.